The summed E-state index contributed by atoms with van der Waals surface area (Å²) in [6.45, 7) is 0.624. The smallest absolute Gasteiger partial charge is 0.106 e. The van der Waals surface area contributed by atoms with Crippen LogP contribution in [0.1, 0.15) is 11.3 Å². The molecule has 0 bridgehead atoms. The Hall–Kier alpha value is -1.17. The second-order valence-corrected chi connectivity index (χ2v) is 4.98. The quantitative estimate of drug-likeness (QED) is 0.847. The Kier molecular flexibility index (Phi) is 3.93. The number of nitrogens with zero attached hydrogens (tertiary/aromatic N) is 1. The Morgan fingerprint density at radius 1 is 1.53 bits per heavy atom. The molecule has 0 amide bonds. The third-order valence-electron chi connectivity index (χ3n) is 2.19. The SMILES string of the molecule is NC(=S)c1ccc(Cl)cc1NCc1cscn1. The Labute approximate surface area is 114 Å². The number of halogens is 1. The Bertz CT molecular complexity index is 526. The van der Waals surface area contributed by atoms with E-state index in [0.29, 0.717) is 16.6 Å². The first-order valence-electron chi connectivity index (χ1n) is 4.87. The maximum absolute atomic E-state index is 5.94. The minimum absolute atomic E-state index is 0.349. The molecule has 3 nitrogen and oxygen atoms in total. The Morgan fingerprint density at radius 3 is 3.00 bits per heavy atom. The van der Waals surface area contributed by atoms with Crippen LogP contribution in [0.15, 0.2) is 29.1 Å². The molecular weight excluding hydrogens is 274 g/mol. The van der Waals surface area contributed by atoms with Crippen molar-refractivity contribution in [2.24, 2.45) is 5.73 Å². The van der Waals surface area contributed by atoms with Crippen LogP contribution >= 0.6 is 35.2 Å². The number of hydrogen-bond acceptors (Lipinski definition) is 4. The summed E-state index contributed by atoms with van der Waals surface area (Å²) in [6, 6.07) is 5.39. The van der Waals surface area contributed by atoms with Crippen molar-refractivity contribution >= 4 is 45.8 Å². The van der Waals surface area contributed by atoms with Gasteiger partial charge in [-0.15, -0.1) is 11.3 Å². The van der Waals surface area contributed by atoms with Crippen molar-refractivity contribution in [1.29, 1.82) is 0 Å². The molecule has 0 aliphatic heterocycles. The van der Waals surface area contributed by atoms with E-state index in [2.05, 4.69) is 10.3 Å². The number of anilines is 1. The molecule has 6 heteroatoms. The molecule has 2 rings (SSSR count). The van der Waals surface area contributed by atoms with Crippen LogP contribution in [0.25, 0.3) is 0 Å². The highest BCUT2D eigenvalue weighted by atomic mass is 35.5. The topological polar surface area (TPSA) is 50.9 Å². The summed E-state index contributed by atoms with van der Waals surface area (Å²) in [4.78, 5) is 4.54. The fourth-order valence-corrected chi connectivity index (χ4v) is 2.30. The standard InChI is InChI=1S/C11H10ClN3S2/c12-7-1-2-9(11(13)16)10(3-7)14-4-8-5-17-6-15-8/h1-3,5-6,14H,4H2,(H2,13,16). The van der Waals surface area contributed by atoms with E-state index in [4.69, 9.17) is 29.6 Å². The van der Waals surface area contributed by atoms with E-state index in [-0.39, 0.29) is 0 Å². The van der Waals surface area contributed by atoms with Gasteiger partial charge in [-0.1, -0.05) is 23.8 Å². The molecule has 0 aliphatic carbocycles. The molecule has 1 aromatic heterocycles. The van der Waals surface area contributed by atoms with Gasteiger partial charge in [-0.3, -0.25) is 0 Å². The number of hydrogen-bond donors (Lipinski definition) is 2. The normalized spacial score (nSPS) is 10.2. The summed E-state index contributed by atoms with van der Waals surface area (Å²) in [5.74, 6) is 0. The lowest BCUT2D eigenvalue weighted by Crippen LogP contribution is -2.13. The molecule has 0 unspecified atom stereocenters. The van der Waals surface area contributed by atoms with Gasteiger partial charge >= 0.3 is 0 Å². The molecule has 0 aliphatic rings. The van der Waals surface area contributed by atoms with Crippen LogP contribution in [-0.4, -0.2) is 9.97 Å². The lowest BCUT2D eigenvalue weighted by molar-refractivity contribution is 1.07. The number of benzene rings is 1. The third kappa shape index (κ3) is 3.15. The van der Waals surface area contributed by atoms with E-state index in [1.165, 1.54) is 0 Å². The summed E-state index contributed by atoms with van der Waals surface area (Å²) < 4.78 is 0. The monoisotopic (exact) mass is 283 g/mol. The Balaban J connectivity index is 2.19. The van der Waals surface area contributed by atoms with Crippen LogP contribution in [0.2, 0.25) is 5.02 Å². The molecule has 0 saturated heterocycles. The minimum Gasteiger partial charge on any atom is -0.389 e. The molecule has 2 aromatic rings. The summed E-state index contributed by atoms with van der Waals surface area (Å²) >= 11 is 12.5. The average molecular weight is 284 g/mol. The van der Waals surface area contributed by atoms with E-state index >= 15 is 0 Å². The number of nitrogens with two attached hydrogens (primary N) is 1. The van der Waals surface area contributed by atoms with Crippen molar-refractivity contribution in [1.82, 2.24) is 4.98 Å². The highest BCUT2D eigenvalue weighted by Gasteiger charge is 2.06. The van der Waals surface area contributed by atoms with Crippen LogP contribution < -0.4 is 11.1 Å². The first kappa shape index (κ1) is 12.3. The first-order valence-corrected chi connectivity index (χ1v) is 6.60. The average Bonchev–Trinajstić information content (AvgIpc) is 2.78. The third-order valence-corrected chi connectivity index (χ3v) is 3.28. The largest absolute Gasteiger partial charge is 0.389 e. The van der Waals surface area contributed by atoms with Crippen LogP contribution in [0.4, 0.5) is 5.69 Å². The van der Waals surface area contributed by atoms with Gasteiger partial charge in [0.1, 0.15) is 4.99 Å². The van der Waals surface area contributed by atoms with Gasteiger partial charge in [0.25, 0.3) is 0 Å². The van der Waals surface area contributed by atoms with Gasteiger partial charge in [-0.2, -0.15) is 0 Å². The molecule has 1 heterocycles. The maximum atomic E-state index is 5.94. The van der Waals surface area contributed by atoms with Gasteiger partial charge in [-0.25, -0.2) is 4.98 Å². The van der Waals surface area contributed by atoms with Crippen molar-refractivity contribution in [2.45, 2.75) is 6.54 Å². The number of nitrogens with one attached hydrogen (secondary N) is 1. The van der Waals surface area contributed by atoms with Crippen LogP contribution in [-0.2, 0) is 6.54 Å². The van der Waals surface area contributed by atoms with Gasteiger partial charge in [0.05, 0.1) is 17.7 Å². The lowest BCUT2D eigenvalue weighted by Gasteiger charge is -2.10. The van der Waals surface area contributed by atoms with Crippen molar-refractivity contribution < 1.29 is 0 Å². The molecule has 3 N–H and O–H groups in total. The maximum Gasteiger partial charge on any atom is 0.106 e. The highest BCUT2D eigenvalue weighted by Crippen LogP contribution is 2.21. The number of thiazole rings is 1. The predicted octanol–water partition coefficient (Wildman–Crippen LogP) is 3.04. The number of rotatable bonds is 4. The second kappa shape index (κ2) is 5.44. The predicted molar refractivity (Wildman–Crippen MR) is 76.8 cm³/mol. The molecular formula is C11H10ClN3S2. The summed E-state index contributed by atoms with van der Waals surface area (Å²) in [5, 5.41) is 5.86. The molecule has 0 atom stereocenters. The first-order chi connectivity index (χ1) is 8.16. The molecule has 0 fully saturated rings. The zero-order valence-corrected chi connectivity index (χ0v) is 11.2. The van der Waals surface area contributed by atoms with E-state index < -0.39 is 0 Å². The zero-order valence-electron chi connectivity index (χ0n) is 8.81. The van der Waals surface area contributed by atoms with Gasteiger partial charge in [0.2, 0.25) is 0 Å². The number of aromatic nitrogens is 1. The molecule has 0 spiro atoms. The minimum atomic E-state index is 0.349. The van der Waals surface area contributed by atoms with Crippen LogP contribution in [0, 0.1) is 0 Å². The van der Waals surface area contributed by atoms with E-state index in [1.54, 1.807) is 22.9 Å². The highest BCUT2D eigenvalue weighted by molar-refractivity contribution is 7.80. The van der Waals surface area contributed by atoms with Crippen LogP contribution in [0.5, 0.6) is 0 Å². The zero-order chi connectivity index (χ0) is 12.3. The van der Waals surface area contributed by atoms with Crippen molar-refractivity contribution in [3.8, 4) is 0 Å². The van der Waals surface area contributed by atoms with Gasteiger partial charge in [0, 0.05) is 21.7 Å². The summed E-state index contributed by atoms with van der Waals surface area (Å²) in [7, 11) is 0. The Morgan fingerprint density at radius 2 is 2.35 bits per heavy atom. The van der Waals surface area contributed by atoms with Crippen molar-refractivity contribution in [2.75, 3.05) is 5.32 Å². The number of thiocarbonyl (C=S) groups is 1. The van der Waals surface area contributed by atoms with E-state index in [1.807, 2.05) is 17.5 Å². The van der Waals surface area contributed by atoms with E-state index in [9.17, 15) is 0 Å². The molecule has 0 radical (unpaired) electrons. The van der Waals surface area contributed by atoms with Gasteiger partial charge in [-0.05, 0) is 18.2 Å². The van der Waals surface area contributed by atoms with Crippen molar-refractivity contribution in [3.63, 3.8) is 0 Å². The summed E-state index contributed by atoms with van der Waals surface area (Å²) in [5.41, 5.74) is 10.0. The van der Waals surface area contributed by atoms with E-state index in [0.717, 1.165) is 16.9 Å². The van der Waals surface area contributed by atoms with Gasteiger partial charge in [0.15, 0.2) is 0 Å². The molecule has 17 heavy (non-hydrogen) atoms. The summed E-state index contributed by atoms with van der Waals surface area (Å²) in [6.07, 6.45) is 0. The van der Waals surface area contributed by atoms with Crippen LogP contribution in [0.3, 0.4) is 0 Å². The fourth-order valence-electron chi connectivity index (χ4n) is 1.39. The van der Waals surface area contributed by atoms with Gasteiger partial charge < -0.3 is 11.1 Å². The second-order valence-electron chi connectivity index (χ2n) is 3.39. The molecule has 88 valence electrons. The molecule has 0 saturated carbocycles. The van der Waals surface area contributed by atoms with Crippen molar-refractivity contribution in [3.05, 3.63) is 45.4 Å². The lowest BCUT2D eigenvalue weighted by atomic mass is 10.1. The molecule has 1 aromatic carbocycles. The fraction of sp³-hybridized carbons (Fsp3) is 0.0909.